The minimum atomic E-state index is -0.958. The molecule has 0 saturated carbocycles. The topological polar surface area (TPSA) is 46.2 Å². The fourth-order valence-corrected chi connectivity index (χ4v) is 3.11. The summed E-state index contributed by atoms with van der Waals surface area (Å²) in [6.45, 7) is 0.220. The standard InChI is InChI=1S/C16H18ClNOS/c17-14-6-8-15(9-7-14)20-11-10-16(19,12-18)13-4-2-1-3-5-13/h1-9,19H,10-12,18H2. The van der Waals surface area contributed by atoms with Crippen LogP contribution < -0.4 is 5.73 Å². The molecule has 2 aromatic rings. The van der Waals surface area contributed by atoms with Crippen molar-refractivity contribution in [2.75, 3.05) is 12.3 Å². The summed E-state index contributed by atoms with van der Waals surface area (Å²) in [6, 6.07) is 17.3. The predicted molar refractivity (Wildman–Crippen MR) is 86.2 cm³/mol. The predicted octanol–water partition coefficient (Wildman–Crippen LogP) is 3.67. The van der Waals surface area contributed by atoms with E-state index in [1.165, 1.54) is 0 Å². The maximum atomic E-state index is 10.7. The molecule has 0 spiro atoms. The summed E-state index contributed by atoms with van der Waals surface area (Å²) < 4.78 is 0. The minimum absolute atomic E-state index is 0.220. The van der Waals surface area contributed by atoms with Gasteiger partial charge in [0, 0.05) is 22.2 Å². The lowest BCUT2D eigenvalue weighted by atomic mass is 9.91. The highest BCUT2D eigenvalue weighted by Gasteiger charge is 2.26. The Labute approximate surface area is 129 Å². The fourth-order valence-electron chi connectivity index (χ4n) is 1.98. The van der Waals surface area contributed by atoms with Gasteiger partial charge in [-0.1, -0.05) is 41.9 Å². The Bertz CT molecular complexity index is 532. The van der Waals surface area contributed by atoms with Crippen molar-refractivity contribution in [1.29, 1.82) is 0 Å². The maximum absolute atomic E-state index is 10.7. The minimum Gasteiger partial charge on any atom is -0.384 e. The van der Waals surface area contributed by atoms with E-state index in [0.29, 0.717) is 6.42 Å². The van der Waals surface area contributed by atoms with Gasteiger partial charge in [-0.25, -0.2) is 0 Å². The molecule has 2 nitrogen and oxygen atoms in total. The summed E-state index contributed by atoms with van der Waals surface area (Å²) in [4.78, 5) is 1.14. The highest BCUT2D eigenvalue weighted by atomic mass is 35.5. The monoisotopic (exact) mass is 307 g/mol. The second-order valence-corrected chi connectivity index (χ2v) is 6.26. The van der Waals surface area contributed by atoms with Crippen LogP contribution in [0.4, 0.5) is 0 Å². The molecular weight excluding hydrogens is 290 g/mol. The van der Waals surface area contributed by atoms with E-state index < -0.39 is 5.60 Å². The number of benzene rings is 2. The average Bonchev–Trinajstić information content (AvgIpc) is 2.50. The third-order valence-corrected chi connectivity index (χ3v) is 4.51. The van der Waals surface area contributed by atoms with Crippen LogP contribution in [0.5, 0.6) is 0 Å². The molecule has 0 radical (unpaired) electrons. The van der Waals surface area contributed by atoms with E-state index in [1.54, 1.807) is 11.8 Å². The van der Waals surface area contributed by atoms with E-state index >= 15 is 0 Å². The molecule has 20 heavy (non-hydrogen) atoms. The Morgan fingerprint density at radius 3 is 2.30 bits per heavy atom. The van der Waals surface area contributed by atoms with Crippen molar-refractivity contribution >= 4 is 23.4 Å². The zero-order valence-electron chi connectivity index (χ0n) is 11.1. The summed E-state index contributed by atoms with van der Waals surface area (Å²) >= 11 is 7.55. The molecule has 0 aliphatic rings. The van der Waals surface area contributed by atoms with E-state index in [0.717, 1.165) is 21.2 Å². The van der Waals surface area contributed by atoms with Crippen LogP contribution in [0.2, 0.25) is 5.02 Å². The highest BCUT2D eigenvalue weighted by Crippen LogP contribution is 2.28. The zero-order chi connectivity index (χ0) is 14.4. The molecule has 2 aromatic carbocycles. The van der Waals surface area contributed by atoms with Crippen molar-refractivity contribution in [2.24, 2.45) is 5.73 Å². The van der Waals surface area contributed by atoms with Crippen LogP contribution in [0.25, 0.3) is 0 Å². The van der Waals surface area contributed by atoms with E-state index in [9.17, 15) is 5.11 Å². The number of nitrogens with two attached hydrogens (primary N) is 1. The molecule has 1 atom stereocenters. The summed E-state index contributed by atoms with van der Waals surface area (Å²) in [5, 5.41) is 11.4. The first kappa shape index (κ1) is 15.4. The molecule has 0 bridgehead atoms. The summed E-state index contributed by atoms with van der Waals surface area (Å²) in [5.41, 5.74) is 5.68. The highest BCUT2D eigenvalue weighted by molar-refractivity contribution is 7.99. The number of rotatable bonds is 6. The average molecular weight is 308 g/mol. The van der Waals surface area contributed by atoms with E-state index in [4.69, 9.17) is 17.3 Å². The Kier molecular flexibility index (Phi) is 5.49. The maximum Gasteiger partial charge on any atom is 0.103 e. The molecular formula is C16H18ClNOS. The molecule has 0 amide bonds. The van der Waals surface area contributed by atoms with Gasteiger partial charge in [-0.2, -0.15) is 0 Å². The van der Waals surface area contributed by atoms with Gasteiger partial charge in [0.15, 0.2) is 0 Å². The number of hydrogen-bond donors (Lipinski definition) is 2. The number of aliphatic hydroxyl groups is 1. The van der Waals surface area contributed by atoms with Gasteiger partial charge in [0.1, 0.15) is 5.60 Å². The number of hydrogen-bond acceptors (Lipinski definition) is 3. The molecule has 1 unspecified atom stereocenters. The van der Waals surface area contributed by atoms with E-state index in [1.807, 2.05) is 54.6 Å². The second kappa shape index (κ2) is 7.14. The molecule has 106 valence electrons. The van der Waals surface area contributed by atoms with E-state index in [-0.39, 0.29) is 6.54 Å². The lowest BCUT2D eigenvalue weighted by Crippen LogP contribution is -2.35. The van der Waals surface area contributed by atoms with Crippen molar-refractivity contribution in [2.45, 2.75) is 16.9 Å². The molecule has 2 rings (SSSR count). The van der Waals surface area contributed by atoms with Gasteiger partial charge in [-0.3, -0.25) is 0 Å². The van der Waals surface area contributed by atoms with E-state index in [2.05, 4.69) is 0 Å². The van der Waals surface area contributed by atoms with Crippen LogP contribution in [-0.2, 0) is 5.60 Å². The van der Waals surface area contributed by atoms with Crippen molar-refractivity contribution in [3.05, 3.63) is 65.2 Å². The van der Waals surface area contributed by atoms with Crippen molar-refractivity contribution < 1.29 is 5.11 Å². The number of thioether (sulfide) groups is 1. The van der Waals surface area contributed by atoms with Crippen molar-refractivity contribution in [1.82, 2.24) is 0 Å². The van der Waals surface area contributed by atoms with Crippen LogP contribution in [0, 0.1) is 0 Å². The quantitative estimate of drug-likeness (QED) is 0.800. The van der Waals surface area contributed by atoms with Gasteiger partial charge in [-0.15, -0.1) is 11.8 Å². The zero-order valence-corrected chi connectivity index (χ0v) is 12.7. The Hall–Kier alpha value is -1.00. The molecule has 0 aliphatic heterocycles. The van der Waals surface area contributed by atoms with Gasteiger partial charge < -0.3 is 10.8 Å². The SMILES string of the molecule is NCC(O)(CCSc1ccc(Cl)cc1)c1ccccc1. The van der Waals surface area contributed by atoms with Gasteiger partial charge in [-0.05, 0) is 36.2 Å². The van der Waals surface area contributed by atoms with Crippen LogP contribution in [0.3, 0.4) is 0 Å². The molecule has 0 aliphatic carbocycles. The van der Waals surface area contributed by atoms with Gasteiger partial charge in [0.05, 0.1) is 0 Å². The fraction of sp³-hybridized carbons (Fsp3) is 0.250. The van der Waals surface area contributed by atoms with Crippen molar-refractivity contribution in [3.63, 3.8) is 0 Å². The Morgan fingerprint density at radius 2 is 1.70 bits per heavy atom. The largest absolute Gasteiger partial charge is 0.384 e. The molecule has 4 heteroatoms. The van der Waals surface area contributed by atoms with Crippen LogP contribution in [0.15, 0.2) is 59.5 Å². The molecule has 0 fully saturated rings. The third-order valence-electron chi connectivity index (χ3n) is 3.25. The smallest absolute Gasteiger partial charge is 0.103 e. The van der Waals surface area contributed by atoms with Crippen LogP contribution >= 0.6 is 23.4 Å². The first-order chi connectivity index (χ1) is 9.64. The molecule has 0 heterocycles. The first-order valence-electron chi connectivity index (χ1n) is 6.50. The van der Waals surface area contributed by atoms with Gasteiger partial charge in [0.2, 0.25) is 0 Å². The normalized spacial score (nSPS) is 13.9. The second-order valence-electron chi connectivity index (χ2n) is 4.65. The van der Waals surface area contributed by atoms with Gasteiger partial charge >= 0.3 is 0 Å². The Morgan fingerprint density at radius 1 is 1.05 bits per heavy atom. The summed E-state index contributed by atoms with van der Waals surface area (Å²) in [5.74, 6) is 0.796. The number of halogens is 1. The molecule has 3 N–H and O–H groups in total. The van der Waals surface area contributed by atoms with Crippen LogP contribution in [-0.4, -0.2) is 17.4 Å². The lowest BCUT2D eigenvalue weighted by Gasteiger charge is -2.27. The first-order valence-corrected chi connectivity index (χ1v) is 7.87. The molecule has 0 saturated heterocycles. The summed E-state index contributed by atoms with van der Waals surface area (Å²) in [6.07, 6.45) is 0.612. The lowest BCUT2D eigenvalue weighted by molar-refractivity contribution is 0.0431. The van der Waals surface area contributed by atoms with Gasteiger partial charge in [0.25, 0.3) is 0 Å². The third kappa shape index (κ3) is 4.00. The Balaban J connectivity index is 1.96. The summed E-state index contributed by atoms with van der Waals surface area (Å²) in [7, 11) is 0. The molecule has 0 aromatic heterocycles. The van der Waals surface area contributed by atoms with Crippen molar-refractivity contribution in [3.8, 4) is 0 Å². The van der Waals surface area contributed by atoms with Crippen LogP contribution in [0.1, 0.15) is 12.0 Å².